The maximum atomic E-state index is 13.3. The van der Waals surface area contributed by atoms with Gasteiger partial charge in [-0.2, -0.15) is 0 Å². The van der Waals surface area contributed by atoms with Crippen molar-refractivity contribution in [1.82, 2.24) is 0 Å². The van der Waals surface area contributed by atoms with Crippen LogP contribution in [0.2, 0.25) is 0 Å². The molecule has 0 heterocycles. The van der Waals surface area contributed by atoms with Gasteiger partial charge in [-0.1, -0.05) is 60.5 Å². The van der Waals surface area contributed by atoms with Crippen LogP contribution in [0.5, 0.6) is 0 Å². The number of sulfone groups is 2. The van der Waals surface area contributed by atoms with Gasteiger partial charge in [-0.15, -0.1) is 11.8 Å². The molecule has 0 N–H and O–H groups in total. The molecule has 0 aliphatic rings. The van der Waals surface area contributed by atoms with Crippen LogP contribution in [0.3, 0.4) is 0 Å². The van der Waals surface area contributed by atoms with Crippen molar-refractivity contribution in [3.05, 3.63) is 90.5 Å². The predicted octanol–water partition coefficient (Wildman–Crippen LogP) is 5.53. The lowest BCUT2D eigenvalue weighted by Crippen LogP contribution is -2.31. The van der Waals surface area contributed by atoms with Crippen LogP contribution in [0.1, 0.15) is 24.8 Å². The minimum absolute atomic E-state index is 0.0358. The molecule has 0 atom stereocenters. The van der Waals surface area contributed by atoms with Crippen LogP contribution in [0.15, 0.2) is 99.6 Å². The molecule has 0 bridgehead atoms. The number of benzene rings is 3. The Hall–Kier alpha value is -2.09. The molecule has 4 nitrogen and oxygen atoms in total. The Morgan fingerprint density at radius 2 is 1.26 bits per heavy atom. The lowest BCUT2D eigenvalue weighted by molar-refractivity contribution is 0.564. The smallest absolute Gasteiger partial charge is 0.195 e. The van der Waals surface area contributed by atoms with Gasteiger partial charge in [0.1, 0.15) is 0 Å². The Kier molecular flexibility index (Phi) is 7.97. The van der Waals surface area contributed by atoms with E-state index in [2.05, 4.69) is 6.07 Å². The first-order chi connectivity index (χ1) is 14.8. The summed E-state index contributed by atoms with van der Waals surface area (Å²) in [6.45, 7) is 2.04. The van der Waals surface area contributed by atoms with Gasteiger partial charge in [0.25, 0.3) is 0 Å². The Morgan fingerprint density at radius 1 is 0.710 bits per heavy atom. The van der Waals surface area contributed by atoms with E-state index in [0.717, 1.165) is 17.1 Å². The summed E-state index contributed by atoms with van der Waals surface area (Å²) in [7, 11) is -8.09. The van der Waals surface area contributed by atoms with Crippen molar-refractivity contribution in [1.29, 1.82) is 0 Å². The fourth-order valence-electron chi connectivity index (χ4n) is 3.31. The van der Waals surface area contributed by atoms with Gasteiger partial charge in [0, 0.05) is 4.90 Å². The average Bonchev–Trinajstić information content (AvgIpc) is 2.77. The highest BCUT2D eigenvalue weighted by atomic mass is 32.3. The van der Waals surface area contributed by atoms with Gasteiger partial charge in [0.05, 0.1) is 9.79 Å². The van der Waals surface area contributed by atoms with Gasteiger partial charge in [-0.3, -0.25) is 0 Å². The third-order valence-electron chi connectivity index (χ3n) is 4.93. The van der Waals surface area contributed by atoms with Gasteiger partial charge < -0.3 is 0 Å². The minimum atomic E-state index is -4.05. The van der Waals surface area contributed by atoms with Gasteiger partial charge in [-0.05, 0) is 61.9 Å². The molecule has 3 rings (SSSR count). The molecule has 0 aromatic heterocycles. The second kappa shape index (κ2) is 10.5. The summed E-state index contributed by atoms with van der Waals surface area (Å²) in [6, 6.07) is 23.9. The van der Waals surface area contributed by atoms with Gasteiger partial charge >= 0.3 is 0 Å². The molecule has 7 heteroatoms. The van der Waals surface area contributed by atoms with Crippen molar-refractivity contribution < 1.29 is 16.8 Å². The van der Waals surface area contributed by atoms with Crippen molar-refractivity contribution in [3.63, 3.8) is 0 Å². The Bertz CT molecular complexity index is 1120. The number of unbranched alkanes of at least 4 members (excludes halogenated alkanes) is 1. The fraction of sp³-hybridized carbons (Fsp3) is 0.250. The second-order valence-electron chi connectivity index (χ2n) is 7.31. The molecule has 164 valence electrons. The van der Waals surface area contributed by atoms with Crippen LogP contribution in [-0.4, -0.2) is 27.2 Å². The van der Waals surface area contributed by atoms with Crippen LogP contribution in [0, 0.1) is 6.92 Å². The van der Waals surface area contributed by atoms with E-state index >= 15 is 0 Å². The SMILES string of the molecule is Cc1cccc(SCCCCC(S(=O)(=O)c2ccccc2)S(=O)(=O)c2ccccc2)c1. The number of rotatable bonds is 10. The van der Waals surface area contributed by atoms with Crippen molar-refractivity contribution in [2.75, 3.05) is 5.75 Å². The molecular weight excluding hydrogens is 448 g/mol. The minimum Gasteiger partial charge on any atom is -0.222 e. The molecule has 0 unspecified atom stereocenters. The maximum Gasteiger partial charge on any atom is 0.195 e. The molecule has 0 radical (unpaired) electrons. The first-order valence-electron chi connectivity index (χ1n) is 10.1. The lowest BCUT2D eigenvalue weighted by atomic mass is 10.2. The predicted molar refractivity (Wildman–Crippen MR) is 127 cm³/mol. The number of thioether (sulfide) groups is 1. The molecule has 0 saturated heterocycles. The van der Waals surface area contributed by atoms with Crippen LogP contribution >= 0.6 is 11.8 Å². The molecule has 0 spiro atoms. The molecule has 0 amide bonds. The van der Waals surface area contributed by atoms with Crippen LogP contribution in [0.4, 0.5) is 0 Å². The van der Waals surface area contributed by atoms with Crippen LogP contribution in [-0.2, 0) is 19.7 Å². The van der Waals surface area contributed by atoms with Crippen molar-refractivity contribution in [2.45, 2.75) is 45.5 Å². The summed E-state index contributed by atoms with van der Waals surface area (Å²) >= 11 is 1.70. The normalized spacial score (nSPS) is 12.2. The molecule has 31 heavy (non-hydrogen) atoms. The fourth-order valence-corrected chi connectivity index (χ4v) is 8.97. The van der Waals surface area contributed by atoms with Crippen LogP contribution in [0.25, 0.3) is 0 Å². The molecule has 3 aromatic carbocycles. The van der Waals surface area contributed by atoms with E-state index in [1.54, 1.807) is 48.2 Å². The zero-order valence-electron chi connectivity index (χ0n) is 17.3. The first-order valence-corrected chi connectivity index (χ1v) is 14.2. The standard InChI is InChI=1S/C24H26O4S3/c1-20-11-10-12-21(19-20)29-18-9-8-17-24(30(25,26)22-13-4-2-5-14-22)31(27,28)23-15-6-3-7-16-23/h2-7,10-16,19,24H,8-9,17-18H2,1H3. The third kappa shape index (κ3) is 5.99. The molecule has 0 aliphatic heterocycles. The zero-order valence-corrected chi connectivity index (χ0v) is 19.8. The summed E-state index contributed by atoms with van der Waals surface area (Å²) in [5.74, 6) is 0.799. The topological polar surface area (TPSA) is 68.3 Å². The molecule has 0 fully saturated rings. The van der Waals surface area contributed by atoms with Crippen molar-refractivity contribution in [3.8, 4) is 0 Å². The van der Waals surface area contributed by atoms with Crippen molar-refractivity contribution >= 4 is 31.4 Å². The van der Waals surface area contributed by atoms with E-state index in [-0.39, 0.29) is 16.2 Å². The van der Waals surface area contributed by atoms with Crippen molar-refractivity contribution in [2.24, 2.45) is 0 Å². The van der Waals surface area contributed by atoms with E-state index in [1.807, 2.05) is 25.1 Å². The molecule has 0 saturated carbocycles. The number of aryl methyl sites for hydroxylation is 1. The van der Waals surface area contributed by atoms with Crippen LogP contribution < -0.4 is 0 Å². The van der Waals surface area contributed by atoms with E-state index in [0.29, 0.717) is 6.42 Å². The van der Waals surface area contributed by atoms with E-state index < -0.39 is 24.3 Å². The highest BCUT2D eigenvalue weighted by Gasteiger charge is 2.39. The van der Waals surface area contributed by atoms with E-state index in [4.69, 9.17) is 0 Å². The molecule has 0 aliphatic carbocycles. The monoisotopic (exact) mass is 474 g/mol. The highest BCUT2D eigenvalue weighted by molar-refractivity contribution is 8.09. The average molecular weight is 475 g/mol. The molecule has 3 aromatic rings. The van der Waals surface area contributed by atoms with E-state index in [9.17, 15) is 16.8 Å². The number of hydrogen-bond acceptors (Lipinski definition) is 5. The third-order valence-corrected chi connectivity index (χ3v) is 11.2. The van der Waals surface area contributed by atoms with Gasteiger partial charge in [-0.25, -0.2) is 16.8 Å². The Morgan fingerprint density at radius 3 is 1.77 bits per heavy atom. The van der Waals surface area contributed by atoms with Gasteiger partial charge in [0.15, 0.2) is 24.3 Å². The Balaban J connectivity index is 1.77. The summed E-state index contributed by atoms with van der Waals surface area (Å²) in [5, 5.41) is 0. The summed E-state index contributed by atoms with van der Waals surface area (Å²) in [5.41, 5.74) is 1.19. The number of hydrogen-bond donors (Lipinski definition) is 0. The lowest BCUT2D eigenvalue weighted by Gasteiger charge is -2.18. The van der Waals surface area contributed by atoms with E-state index in [1.165, 1.54) is 29.8 Å². The quantitative estimate of drug-likeness (QED) is 0.285. The summed E-state index contributed by atoms with van der Waals surface area (Å²) in [6.07, 6.45) is 1.29. The highest BCUT2D eigenvalue weighted by Crippen LogP contribution is 2.30. The summed E-state index contributed by atoms with van der Waals surface area (Å²) in [4.78, 5) is 1.23. The Labute approximate surface area is 189 Å². The zero-order chi connectivity index (χ0) is 22.3. The summed E-state index contributed by atoms with van der Waals surface area (Å²) < 4.78 is 51.7. The largest absolute Gasteiger partial charge is 0.222 e. The molecular formula is C24H26O4S3. The first kappa shape index (κ1) is 23.6. The second-order valence-corrected chi connectivity index (χ2v) is 13.0. The van der Waals surface area contributed by atoms with Gasteiger partial charge in [0.2, 0.25) is 0 Å². The maximum absolute atomic E-state index is 13.3.